The number of halogens is 1. The third-order valence-corrected chi connectivity index (χ3v) is 6.11. The summed E-state index contributed by atoms with van der Waals surface area (Å²) in [5.41, 5.74) is 1.09. The van der Waals surface area contributed by atoms with Crippen molar-refractivity contribution in [3.63, 3.8) is 0 Å². The van der Waals surface area contributed by atoms with Crippen molar-refractivity contribution in [1.29, 1.82) is 5.26 Å². The maximum absolute atomic E-state index is 13.8. The van der Waals surface area contributed by atoms with Gasteiger partial charge in [0.25, 0.3) is 5.91 Å². The minimum absolute atomic E-state index is 0.00236. The summed E-state index contributed by atoms with van der Waals surface area (Å²) in [6, 6.07) is 16.0. The smallest absolute Gasteiger partial charge is 0.253 e. The quantitative estimate of drug-likeness (QED) is 0.773. The number of carbonyl (C=O) groups is 1. The maximum Gasteiger partial charge on any atom is 0.253 e. The summed E-state index contributed by atoms with van der Waals surface area (Å²) in [5.74, 6) is 0.0306. The lowest BCUT2D eigenvalue weighted by molar-refractivity contribution is 0.0416. The Morgan fingerprint density at radius 1 is 1.00 bits per heavy atom. The number of para-hydroxylation sites is 1. The molecule has 156 valence electrons. The number of hydrogen-bond donors (Lipinski definition) is 0. The van der Waals surface area contributed by atoms with Crippen LogP contribution in [0.2, 0.25) is 0 Å². The normalized spacial score (nSPS) is 18.7. The topological polar surface area (TPSA) is 56.6 Å². The number of likely N-dealkylation sites (tertiary alicyclic amines) is 2. The highest BCUT2D eigenvalue weighted by Crippen LogP contribution is 2.25. The molecule has 5 nitrogen and oxygen atoms in total. The van der Waals surface area contributed by atoms with Crippen LogP contribution in [0.1, 0.15) is 41.6 Å². The lowest BCUT2D eigenvalue weighted by Crippen LogP contribution is -2.50. The Bertz CT molecular complexity index is 926. The van der Waals surface area contributed by atoms with Crippen LogP contribution in [0.25, 0.3) is 0 Å². The predicted octanol–water partition coefficient (Wildman–Crippen LogP) is 3.85. The van der Waals surface area contributed by atoms with E-state index in [1.54, 1.807) is 42.5 Å². The van der Waals surface area contributed by atoms with Gasteiger partial charge in [-0.1, -0.05) is 18.2 Å². The van der Waals surface area contributed by atoms with Crippen molar-refractivity contribution in [2.75, 3.05) is 26.2 Å². The van der Waals surface area contributed by atoms with Crippen LogP contribution >= 0.6 is 0 Å². The molecule has 0 spiro atoms. The minimum atomic E-state index is -0.308. The van der Waals surface area contributed by atoms with Gasteiger partial charge < -0.3 is 9.64 Å². The SMILES string of the molecule is N#Cc1cccc(C(=O)N2CCC(N3CCC(Oc4ccccc4F)CC3)CC2)c1. The Balaban J connectivity index is 1.25. The van der Waals surface area contributed by atoms with Gasteiger partial charge in [0, 0.05) is 37.8 Å². The summed E-state index contributed by atoms with van der Waals surface area (Å²) in [7, 11) is 0. The molecule has 2 saturated heterocycles. The van der Waals surface area contributed by atoms with Gasteiger partial charge in [0.2, 0.25) is 0 Å². The molecular formula is C24H26FN3O2. The standard InChI is InChI=1S/C24H26FN3O2/c25-22-6-1-2-7-23(22)30-21-10-14-27(15-11-21)20-8-12-28(13-9-20)24(29)19-5-3-4-18(16-19)17-26/h1-7,16,20-21H,8-15H2. The van der Waals surface area contributed by atoms with Gasteiger partial charge in [-0.2, -0.15) is 5.26 Å². The van der Waals surface area contributed by atoms with Crippen molar-refractivity contribution in [2.24, 2.45) is 0 Å². The van der Waals surface area contributed by atoms with Crippen LogP contribution in [0.5, 0.6) is 5.75 Å². The van der Waals surface area contributed by atoms with Gasteiger partial charge >= 0.3 is 0 Å². The highest BCUT2D eigenvalue weighted by molar-refractivity contribution is 5.94. The molecule has 0 aliphatic carbocycles. The third kappa shape index (κ3) is 4.63. The van der Waals surface area contributed by atoms with Gasteiger partial charge in [-0.25, -0.2) is 4.39 Å². The van der Waals surface area contributed by atoms with Crippen LogP contribution < -0.4 is 4.74 Å². The van der Waals surface area contributed by atoms with E-state index in [4.69, 9.17) is 10.00 Å². The van der Waals surface area contributed by atoms with Crippen molar-refractivity contribution >= 4 is 5.91 Å². The minimum Gasteiger partial charge on any atom is -0.487 e. The van der Waals surface area contributed by atoms with Crippen molar-refractivity contribution in [3.05, 3.63) is 65.5 Å². The molecule has 0 N–H and O–H groups in total. The molecule has 0 radical (unpaired) electrons. The second kappa shape index (κ2) is 9.27. The van der Waals surface area contributed by atoms with E-state index in [1.807, 2.05) is 4.90 Å². The molecule has 4 rings (SSSR count). The molecule has 0 bridgehead atoms. The molecule has 2 aliphatic rings. The Labute approximate surface area is 176 Å². The molecule has 1 amide bonds. The number of amides is 1. The van der Waals surface area contributed by atoms with Gasteiger partial charge in [0.05, 0.1) is 11.6 Å². The first-order chi connectivity index (χ1) is 14.6. The van der Waals surface area contributed by atoms with Crippen LogP contribution in [0.4, 0.5) is 4.39 Å². The first-order valence-electron chi connectivity index (χ1n) is 10.6. The Hall–Kier alpha value is -2.91. The molecule has 0 atom stereocenters. The summed E-state index contributed by atoms with van der Waals surface area (Å²) in [6.07, 6.45) is 3.71. The van der Waals surface area contributed by atoms with Gasteiger partial charge in [-0.15, -0.1) is 0 Å². The Morgan fingerprint density at radius 2 is 1.73 bits per heavy atom. The number of carbonyl (C=O) groups excluding carboxylic acids is 1. The number of benzene rings is 2. The molecule has 0 saturated carbocycles. The number of piperidine rings is 2. The number of nitriles is 1. The highest BCUT2D eigenvalue weighted by atomic mass is 19.1. The van der Waals surface area contributed by atoms with Crippen molar-refractivity contribution < 1.29 is 13.9 Å². The van der Waals surface area contributed by atoms with Crippen molar-refractivity contribution in [1.82, 2.24) is 9.80 Å². The summed E-state index contributed by atoms with van der Waals surface area (Å²) in [4.78, 5) is 17.1. The Kier molecular flexibility index (Phi) is 6.29. The largest absolute Gasteiger partial charge is 0.487 e. The van der Waals surface area contributed by atoms with E-state index in [1.165, 1.54) is 6.07 Å². The molecule has 2 fully saturated rings. The van der Waals surface area contributed by atoms with Crippen LogP contribution in [0.15, 0.2) is 48.5 Å². The molecule has 2 aliphatic heterocycles. The molecule has 0 aromatic heterocycles. The van der Waals surface area contributed by atoms with Crippen molar-refractivity contribution in [3.8, 4) is 11.8 Å². The maximum atomic E-state index is 13.8. The van der Waals surface area contributed by atoms with E-state index in [0.29, 0.717) is 22.9 Å². The molecule has 2 aromatic carbocycles. The fraction of sp³-hybridized carbons (Fsp3) is 0.417. The summed E-state index contributed by atoms with van der Waals surface area (Å²) >= 11 is 0. The van der Waals surface area contributed by atoms with E-state index in [-0.39, 0.29) is 17.8 Å². The Morgan fingerprint density at radius 3 is 2.43 bits per heavy atom. The number of rotatable bonds is 4. The van der Waals surface area contributed by atoms with Crippen LogP contribution in [-0.4, -0.2) is 54.0 Å². The predicted molar refractivity (Wildman–Crippen MR) is 112 cm³/mol. The fourth-order valence-corrected chi connectivity index (χ4v) is 4.42. The lowest BCUT2D eigenvalue weighted by atomic mass is 9.98. The van der Waals surface area contributed by atoms with Crippen LogP contribution in [-0.2, 0) is 0 Å². The first-order valence-corrected chi connectivity index (χ1v) is 10.6. The van der Waals surface area contributed by atoms with E-state index in [2.05, 4.69) is 11.0 Å². The number of nitrogens with zero attached hydrogens (tertiary/aromatic N) is 3. The first kappa shape index (κ1) is 20.4. The van der Waals surface area contributed by atoms with Crippen molar-refractivity contribution in [2.45, 2.75) is 37.8 Å². The average molecular weight is 407 g/mol. The molecular weight excluding hydrogens is 381 g/mol. The third-order valence-electron chi connectivity index (χ3n) is 6.11. The zero-order valence-corrected chi connectivity index (χ0v) is 17.0. The second-order valence-corrected chi connectivity index (χ2v) is 8.00. The fourth-order valence-electron chi connectivity index (χ4n) is 4.42. The summed E-state index contributed by atoms with van der Waals surface area (Å²) < 4.78 is 19.7. The van der Waals surface area contributed by atoms with Crippen LogP contribution in [0, 0.1) is 17.1 Å². The lowest BCUT2D eigenvalue weighted by Gasteiger charge is -2.41. The number of ether oxygens (including phenoxy) is 1. The number of hydrogen-bond acceptors (Lipinski definition) is 4. The molecule has 6 heteroatoms. The molecule has 0 unspecified atom stereocenters. The highest BCUT2D eigenvalue weighted by Gasteiger charge is 2.30. The van der Waals surface area contributed by atoms with Gasteiger partial charge in [-0.3, -0.25) is 9.69 Å². The van der Waals surface area contributed by atoms with Crippen LogP contribution in [0.3, 0.4) is 0 Å². The second-order valence-electron chi connectivity index (χ2n) is 8.00. The summed E-state index contributed by atoms with van der Waals surface area (Å²) in [6.45, 7) is 3.32. The zero-order chi connectivity index (χ0) is 20.9. The van der Waals surface area contributed by atoms with Gasteiger partial charge in [0.1, 0.15) is 6.10 Å². The van der Waals surface area contributed by atoms with E-state index in [9.17, 15) is 9.18 Å². The molecule has 2 aromatic rings. The van der Waals surface area contributed by atoms with E-state index < -0.39 is 0 Å². The van der Waals surface area contributed by atoms with Gasteiger partial charge in [-0.05, 0) is 56.0 Å². The summed E-state index contributed by atoms with van der Waals surface area (Å²) in [5, 5.41) is 9.04. The van der Waals surface area contributed by atoms with Gasteiger partial charge in [0.15, 0.2) is 11.6 Å². The zero-order valence-electron chi connectivity index (χ0n) is 17.0. The molecule has 30 heavy (non-hydrogen) atoms. The van der Waals surface area contributed by atoms with E-state index >= 15 is 0 Å². The monoisotopic (exact) mass is 407 g/mol. The average Bonchev–Trinajstić information content (AvgIpc) is 2.81. The molecule has 2 heterocycles. The van der Waals surface area contributed by atoms with E-state index in [0.717, 1.165) is 51.9 Å².